The maximum Gasteiger partial charge on any atom is 0.152 e. The summed E-state index contributed by atoms with van der Waals surface area (Å²) in [6, 6.07) is 0. The van der Waals surface area contributed by atoms with Crippen LogP contribution in [0.25, 0.3) is 0 Å². The molecule has 0 aromatic heterocycles. The second-order valence-electron chi connectivity index (χ2n) is 3.03. The minimum atomic E-state index is -2.70. The molecule has 1 aliphatic heterocycles. The van der Waals surface area contributed by atoms with E-state index in [4.69, 9.17) is 0 Å². The lowest BCUT2D eigenvalue weighted by Crippen LogP contribution is -2.18. The second kappa shape index (κ2) is 2.91. The maximum atomic E-state index is 11.2. The molecule has 2 nitrogen and oxygen atoms in total. The van der Waals surface area contributed by atoms with Crippen LogP contribution in [-0.4, -0.2) is 19.4 Å². The summed E-state index contributed by atoms with van der Waals surface area (Å²) in [5.41, 5.74) is 0. The van der Waals surface area contributed by atoms with Crippen molar-refractivity contribution < 1.29 is 8.42 Å². The third-order valence-electron chi connectivity index (χ3n) is 2.15. The van der Waals surface area contributed by atoms with Crippen molar-refractivity contribution in [3.05, 3.63) is 0 Å². The van der Waals surface area contributed by atoms with Crippen LogP contribution < -0.4 is 0 Å². The topological polar surface area (TPSA) is 34.1 Å². The maximum absolute atomic E-state index is 11.2. The minimum absolute atomic E-state index is 0.0880. The highest BCUT2D eigenvalue weighted by Gasteiger charge is 2.22. The van der Waals surface area contributed by atoms with Crippen LogP contribution in [-0.2, 0) is 9.84 Å². The Morgan fingerprint density at radius 3 is 2.60 bits per heavy atom. The van der Waals surface area contributed by atoms with Crippen molar-refractivity contribution in [3.8, 4) is 0 Å². The fraction of sp³-hybridized carbons (Fsp3) is 1.00. The molecule has 60 valence electrons. The van der Waals surface area contributed by atoms with E-state index < -0.39 is 9.84 Å². The van der Waals surface area contributed by atoms with Crippen LogP contribution in [0.1, 0.15) is 32.6 Å². The largest absolute Gasteiger partial charge is 0.229 e. The number of sulfone groups is 1. The normalized spacial score (nSPS) is 33.1. The molecule has 0 bridgehead atoms. The van der Waals surface area contributed by atoms with E-state index in [1.165, 1.54) is 0 Å². The molecule has 0 aromatic rings. The standard InChI is InChI=1S/C7H14O2S/c1-7-5-3-2-4-6-10(7,8)9/h7H,2-6H2,1H3. The van der Waals surface area contributed by atoms with E-state index in [0.717, 1.165) is 25.7 Å². The molecule has 1 fully saturated rings. The molecular formula is C7H14O2S. The predicted octanol–water partition coefficient (Wildman–Crippen LogP) is 1.36. The molecule has 1 rings (SSSR count). The fourth-order valence-electron chi connectivity index (χ4n) is 1.29. The zero-order chi connectivity index (χ0) is 7.61. The molecule has 1 unspecified atom stereocenters. The monoisotopic (exact) mass is 162 g/mol. The average Bonchev–Trinajstić information content (AvgIpc) is 1.96. The van der Waals surface area contributed by atoms with Crippen LogP contribution in [0.15, 0.2) is 0 Å². The quantitative estimate of drug-likeness (QED) is 0.539. The van der Waals surface area contributed by atoms with Gasteiger partial charge in [-0.2, -0.15) is 0 Å². The van der Waals surface area contributed by atoms with Gasteiger partial charge in [-0.1, -0.05) is 12.8 Å². The van der Waals surface area contributed by atoms with E-state index in [1.54, 1.807) is 0 Å². The highest BCUT2D eigenvalue weighted by molar-refractivity contribution is 7.92. The summed E-state index contributed by atoms with van der Waals surface area (Å²) >= 11 is 0. The van der Waals surface area contributed by atoms with Crippen LogP contribution in [0.4, 0.5) is 0 Å². The molecule has 0 aromatic carbocycles. The second-order valence-corrected chi connectivity index (χ2v) is 5.57. The van der Waals surface area contributed by atoms with Crippen molar-refractivity contribution in [3.63, 3.8) is 0 Å². The molecule has 1 aliphatic rings. The van der Waals surface area contributed by atoms with Crippen LogP contribution in [0.2, 0.25) is 0 Å². The van der Waals surface area contributed by atoms with Gasteiger partial charge in [-0.25, -0.2) is 8.42 Å². The molecule has 0 spiro atoms. The van der Waals surface area contributed by atoms with Gasteiger partial charge in [0, 0.05) is 0 Å². The van der Waals surface area contributed by atoms with Crippen LogP contribution in [0, 0.1) is 0 Å². The molecule has 1 saturated heterocycles. The van der Waals surface area contributed by atoms with Crippen molar-refractivity contribution in [2.45, 2.75) is 37.9 Å². The van der Waals surface area contributed by atoms with Crippen molar-refractivity contribution in [1.82, 2.24) is 0 Å². The molecule has 0 amide bonds. The summed E-state index contributed by atoms with van der Waals surface area (Å²) in [6.07, 6.45) is 3.90. The van der Waals surface area contributed by atoms with E-state index in [0.29, 0.717) is 5.75 Å². The lowest BCUT2D eigenvalue weighted by Gasteiger charge is -2.06. The van der Waals surface area contributed by atoms with Gasteiger partial charge in [0.1, 0.15) is 0 Å². The van der Waals surface area contributed by atoms with Crippen LogP contribution in [0.3, 0.4) is 0 Å². The number of hydrogen-bond donors (Lipinski definition) is 0. The van der Waals surface area contributed by atoms with Gasteiger partial charge in [0.05, 0.1) is 11.0 Å². The van der Waals surface area contributed by atoms with E-state index >= 15 is 0 Å². The molecule has 0 aliphatic carbocycles. The molecule has 0 N–H and O–H groups in total. The SMILES string of the molecule is CC1CCCCCS1(=O)=O. The number of hydrogen-bond acceptors (Lipinski definition) is 2. The Bertz CT molecular complexity index is 194. The minimum Gasteiger partial charge on any atom is -0.229 e. The summed E-state index contributed by atoms with van der Waals surface area (Å²) < 4.78 is 22.4. The molecule has 3 heteroatoms. The molecule has 10 heavy (non-hydrogen) atoms. The Kier molecular flexibility index (Phi) is 2.34. The van der Waals surface area contributed by atoms with E-state index in [2.05, 4.69) is 0 Å². The first-order valence-electron chi connectivity index (χ1n) is 3.84. The molecular weight excluding hydrogens is 148 g/mol. The fourth-order valence-corrected chi connectivity index (χ4v) is 2.83. The Hall–Kier alpha value is -0.0500. The van der Waals surface area contributed by atoms with Gasteiger partial charge in [-0.3, -0.25) is 0 Å². The van der Waals surface area contributed by atoms with Crippen LogP contribution in [0.5, 0.6) is 0 Å². The lowest BCUT2D eigenvalue weighted by atomic mass is 10.2. The zero-order valence-corrected chi connectivity index (χ0v) is 7.15. The molecule has 0 saturated carbocycles. The first-order chi connectivity index (χ1) is 4.63. The van der Waals surface area contributed by atoms with Gasteiger partial charge < -0.3 is 0 Å². The van der Waals surface area contributed by atoms with Gasteiger partial charge in [-0.15, -0.1) is 0 Å². The smallest absolute Gasteiger partial charge is 0.152 e. The average molecular weight is 162 g/mol. The third kappa shape index (κ3) is 1.72. The summed E-state index contributed by atoms with van der Waals surface area (Å²) in [6.45, 7) is 1.82. The first-order valence-corrected chi connectivity index (χ1v) is 5.56. The Morgan fingerprint density at radius 1 is 1.20 bits per heavy atom. The van der Waals surface area contributed by atoms with Gasteiger partial charge in [0.15, 0.2) is 9.84 Å². The summed E-state index contributed by atoms with van der Waals surface area (Å²) in [5.74, 6) is 0.411. The highest BCUT2D eigenvalue weighted by Crippen LogP contribution is 2.17. The van der Waals surface area contributed by atoms with Crippen molar-refractivity contribution >= 4 is 9.84 Å². The molecule has 1 heterocycles. The Balaban J connectivity index is 2.71. The van der Waals surface area contributed by atoms with Crippen molar-refractivity contribution in [1.29, 1.82) is 0 Å². The van der Waals surface area contributed by atoms with Gasteiger partial charge in [-0.05, 0) is 19.8 Å². The predicted molar refractivity (Wildman–Crippen MR) is 41.7 cm³/mol. The van der Waals surface area contributed by atoms with E-state index in [1.807, 2.05) is 6.92 Å². The van der Waals surface area contributed by atoms with Gasteiger partial charge >= 0.3 is 0 Å². The van der Waals surface area contributed by atoms with Crippen LogP contribution >= 0.6 is 0 Å². The summed E-state index contributed by atoms with van der Waals surface area (Å²) in [4.78, 5) is 0. The third-order valence-corrected chi connectivity index (χ3v) is 4.47. The van der Waals surface area contributed by atoms with Gasteiger partial charge in [0.2, 0.25) is 0 Å². The highest BCUT2D eigenvalue weighted by atomic mass is 32.2. The van der Waals surface area contributed by atoms with Crippen molar-refractivity contribution in [2.24, 2.45) is 0 Å². The lowest BCUT2D eigenvalue weighted by molar-refractivity contribution is 0.581. The van der Waals surface area contributed by atoms with E-state index in [9.17, 15) is 8.42 Å². The molecule has 1 atom stereocenters. The van der Waals surface area contributed by atoms with E-state index in [-0.39, 0.29) is 5.25 Å². The Morgan fingerprint density at radius 2 is 1.90 bits per heavy atom. The van der Waals surface area contributed by atoms with Gasteiger partial charge in [0.25, 0.3) is 0 Å². The zero-order valence-electron chi connectivity index (χ0n) is 6.34. The summed E-state index contributed by atoms with van der Waals surface area (Å²) in [5, 5.41) is -0.0880. The molecule has 0 radical (unpaired) electrons. The van der Waals surface area contributed by atoms with Crippen molar-refractivity contribution in [2.75, 3.05) is 5.75 Å². The number of rotatable bonds is 0. The Labute approximate surface area is 62.5 Å². The summed E-state index contributed by atoms with van der Waals surface area (Å²) in [7, 11) is -2.70. The first kappa shape index (κ1) is 8.05.